The molecule has 4 unspecified atom stereocenters. The molecule has 0 bridgehead atoms. The van der Waals surface area contributed by atoms with E-state index in [1.807, 2.05) is 12.1 Å². The summed E-state index contributed by atoms with van der Waals surface area (Å²) in [5.41, 5.74) is 1.96. The quantitative estimate of drug-likeness (QED) is 0.566. The number of nitrogens with one attached hydrogen (secondary N) is 3. The van der Waals surface area contributed by atoms with Gasteiger partial charge in [0, 0.05) is 0 Å². The number of carbonyl (C=O) groups excluding carboxylic acids is 3. The maximum absolute atomic E-state index is 13.8. The first-order chi connectivity index (χ1) is 16.2. The molecular formula is C25H36N4O4S. The van der Waals surface area contributed by atoms with E-state index in [1.165, 1.54) is 5.56 Å². The Morgan fingerprint density at radius 3 is 2.74 bits per heavy atom. The van der Waals surface area contributed by atoms with Gasteiger partial charge in [0.25, 0.3) is 0 Å². The molecule has 1 aromatic carbocycles. The van der Waals surface area contributed by atoms with Crippen LogP contribution in [0.1, 0.15) is 56.7 Å². The van der Waals surface area contributed by atoms with E-state index in [0.717, 1.165) is 42.7 Å². The van der Waals surface area contributed by atoms with Gasteiger partial charge in [0.05, 0.1) is 25.1 Å². The highest BCUT2D eigenvalue weighted by Gasteiger charge is 2.54. The largest absolute Gasteiger partial charge is 0.497 e. The second-order valence-electron chi connectivity index (χ2n) is 10.1. The van der Waals surface area contributed by atoms with Crippen LogP contribution in [0.15, 0.2) is 18.2 Å². The third kappa shape index (κ3) is 4.91. The van der Waals surface area contributed by atoms with Crippen molar-refractivity contribution in [2.24, 2.45) is 5.41 Å². The first-order valence-electron chi connectivity index (χ1n) is 12.1. The van der Waals surface area contributed by atoms with Crippen LogP contribution in [0.5, 0.6) is 5.75 Å². The van der Waals surface area contributed by atoms with E-state index in [9.17, 15) is 14.4 Å². The fraction of sp³-hybridized carbons (Fsp3) is 0.640. The first-order valence-corrected chi connectivity index (χ1v) is 13.1. The summed E-state index contributed by atoms with van der Waals surface area (Å²) in [7, 11) is 3.36. The molecule has 2 heterocycles. The van der Waals surface area contributed by atoms with Crippen LogP contribution in [-0.2, 0) is 20.8 Å². The smallest absolute Gasteiger partial charge is 0.246 e. The molecule has 0 saturated carbocycles. The molecule has 0 spiro atoms. The number of carbonyl (C=O) groups is 3. The zero-order valence-corrected chi connectivity index (χ0v) is 21.3. The number of hydrogen-bond acceptors (Lipinski definition) is 6. The van der Waals surface area contributed by atoms with Gasteiger partial charge in [-0.3, -0.25) is 14.4 Å². The van der Waals surface area contributed by atoms with Gasteiger partial charge >= 0.3 is 0 Å². The minimum Gasteiger partial charge on any atom is -0.497 e. The van der Waals surface area contributed by atoms with Crippen LogP contribution in [0.3, 0.4) is 0 Å². The van der Waals surface area contributed by atoms with Gasteiger partial charge < -0.3 is 25.6 Å². The van der Waals surface area contributed by atoms with E-state index in [0.29, 0.717) is 6.42 Å². The van der Waals surface area contributed by atoms with Crippen LogP contribution in [0, 0.1) is 5.41 Å². The molecule has 8 nitrogen and oxygen atoms in total. The van der Waals surface area contributed by atoms with Crippen molar-refractivity contribution in [3.8, 4) is 5.75 Å². The van der Waals surface area contributed by atoms with Crippen molar-refractivity contribution in [2.45, 2.75) is 69.5 Å². The lowest BCUT2D eigenvalue weighted by molar-refractivity contribution is -0.143. The van der Waals surface area contributed by atoms with Gasteiger partial charge in [-0.25, -0.2) is 0 Å². The normalized spacial score (nSPS) is 27.9. The lowest BCUT2D eigenvalue weighted by Crippen LogP contribution is -2.57. The van der Waals surface area contributed by atoms with Gasteiger partial charge in [0.15, 0.2) is 0 Å². The zero-order valence-electron chi connectivity index (χ0n) is 20.5. The summed E-state index contributed by atoms with van der Waals surface area (Å²) in [6, 6.07) is 4.76. The highest BCUT2D eigenvalue weighted by atomic mass is 32.2. The number of rotatable bonds is 6. The summed E-state index contributed by atoms with van der Waals surface area (Å²) in [6.45, 7) is 4.28. The van der Waals surface area contributed by atoms with E-state index in [2.05, 4.69) is 35.9 Å². The fourth-order valence-electron chi connectivity index (χ4n) is 5.58. The Bertz CT molecular complexity index is 953. The summed E-state index contributed by atoms with van der Waals surface area (Å²) in [5.74, 6) is 1.11. The van der Waals surface area contributed by atoms with Crippen molar-refractivity contribution < 1.29 is 19.1 Å². The fourth-order valence-corrected chi connectivity index (χ4v) is 7.15. The summed E-state index contributed by atoms with van der Waals surface area (Å²) in [6.07, 6.45) is 4.13. The molecule has 2 aliphatic heterocycles. The van der Waals surface area contributed by atoms with Crippen molar-refractivity contribution in [3.63, 3.8) is 0 Å². The van der Waals surface area contributed by atoms with Crippen LogP contribution < -0.4 is 20.7 Å². The zero-order chi connectivity index (χ0) is 24.5. The van der Waals surface area contributed by atoms with Crippen molar-refractivity contribution in [1.82, 2.24) is 20.9 Å². The monoisotopic (exact) mass is 488 g/mol. The van der Waals surface area contributed by atoms with Crippen LogP contribution in [0.2, 0.25) is 0 Å². The Morgan fingerprint density at radius 1 is 1.21 bits per heavy atom. The lowest BCUT2D eigenvalue weighted by atomic mass is 9.83. The van der Waals surface area contributed by atoms with E-state index >= 15 is 0 Å². The van der Waals surface area contributed by atoms with Crippen LogP contribution in [0.4, 0.5) is 0 Å². The number of fused-ring (bicyclic) bond motifs is 2. The Balaban J connectivity index is 1.56. The minimum atomic E-state index is -0.606. The lowest BCUT2D eigenvalue weighted by Gasteiger charge is -2.36. The molecule has 0 radical (unpaired) electrons. The number of likely N-dealkylation sites (N-methyl/N-ethyl adjacent to an activating group) is 1. The summed E-state index contributed by atoms with van der Waals surface area (Å²) in [4.78, 5) is 41.3. The van der Waals surface area contributed by atoms with Crippen molar-refractivity contribution in [1.29, 1.82) is 0 Å². The number of amides is 3. The summed E-state index contributed by atoms with van der Waals surface area (Å²) in [5, 5.41) is 8.90. The average Bonchev–Trinajstić information content (AvgIpc) is 2.99. The van der Waals surface area contributed by atoms with Gasteiger partial charge in [-0.05, 0) is 73.6 Å². The predicted molar refractivity (Wildman–Crippen MR) is 133 cm³/mol. The highest BCUT2D eigenvalue weighted by Crippen LogP contribution is 2.46. The minimum absolute atomic E-state index is 0.0626. The van der Waals surface area contributed by atoms with Crippen molar-refractivity contribution >= 4 is 29.5 Å². The van der Waals surface area contributed by atoms with Crippen LogP contribution in [-0.4, -0.2) is 66.5 Å². The predicted octanol–water partition coefficient (Wildman–Crippen LogP) is 1.98. The molecule has 3 aliphatic rings. The van der Waals surface area contributed by atoms with Gasteiger partial charge in [0.2, 0.25) is 17.7 Å². The molecule has 0 aromatic heterocycles. The average molecular weight is 489 g/mol. The van der Waals surface area contributed by atoms with Crippen molar-refractivity contribution in [2.75, 3.05) is 26.5 Å². The number of benzene rings is 1. The van der Waals surface area contributed by atoms with Crippen LogP contribution >= 0.6 is 11.8 Å². The number of ether oxygens (including phenoxy) is 1. The molecule has 1 aromatic rings. The number of methoxy groups -OCH3 is 1. The highest BCUT2D eigenvalue weighted by molar-refractivity contribution is 7.99. The molecule has 4 atom stereocenters. The molecule has 2 saturated heterocycles. The third-order valence-corrected chi connectivity index (χ3v) is 8.45. The molecule has 2 fully saturated rings. The number of nitrogens with zero attached hydrogens (tertiary/aromatic N) is 1. The molecule has 186 valence electrons. The van der Waals surface area contributed by atoms with Gasteiger partial charge in [-0.15, -0.1) is 11.8 Å². The molecular weight excluding hydrogens is 452 g/mol. The van der Waals surface area contributed by atoms with Crippen molar-refractivity contribution in [3.05, 3.63) is 29.3 Å². The van der Waals surface area contributed by atoms with E-state index in [-0.39, 0.29) is 41.1 Å². The second-order valence-corrected chi connectivity index (χ2v) is 11.4. The molecule has 3 amide bonds. The van der Waals surface area contributed by atoms with E-state index in [4.69, 9.17) is 4.74 Å². The van der Waals surface area contributed by atoms with Gasteiger partial charge in [0.1, 0.15) is 17.8 Å². The van der Waals surface area contributed by atoms with Gasteiger partial charge in [-0.1, -0.05) is 19.9 Å². The Labute approximate surface area is 205 Å². The van der Waals surface area contributed by atoms with E-state index < -0.39 is 12.1 Å². The number of hydrogen-bond donors (Lipinski definition) is 3. The molecule has 4 rings (SSSR count). The summed E-state index contributed by atoms with van der Waals surface area (Å²) < 4.78 is 5.37. The second kappa shape index (κ2) is 10.2. The topological polar surface area (TPSA) is 99.8 Å². The Hall–Kier alpha value is -2.26. The van der Waals surface area contributed by atoms with Gasteiger partial charge in [-0.2, -0.15) is 0 Å². The maximum Gasteiger partial charge on any atom is 0.246 e. The number of aryl methyl sites for hydroxylation is 1. The Morgan fingerprint density at radius 2 is 2.00 bits per heavy atom. The standard InChI is InChI=1S/C25H36N4O4S/c1-25(2)13-21-29(24(32)19(10-11-34-21)27-20(30)14-26-3)22(25)23(31)28-18-7-5-6-15-12-16(33-4)8-9-17(15)18/h8-9,12,18-19,21-22,26H,5-7,10-11,13-14H2,1-4H3,(H,27,30)(H,28,31). The van der Waals surface area contributed by atoms with E-state index in [1.54, 1.807) is 30.8 Å². The summed E-state index contributed by atoms with van der Waals surface area (Å²) >= 11 is 1.71. The SMILES string of the molecule is CNCC(=O)NC1CCSC2CC(C)(C)C(C(=O)NC3CCCc4cc(OC)ccc43)N2C1=O. The maximum atomic E-state index is 13.8. The first kappa shape index (κ1) is 24.9. The number of thioether (sulfide) groups is 1. The molecule has 9 heteroatoms. The molecule has 34 heavy (non-hydrogen) atoms. The third-order valence-electron chi connectivity index (χ3n) is 7.20. The van der Waals surface area contributed by atoms with Crippen LogP contribution in [0.25, 0.3) is 0 Å². The Kier molecular flexibility index (Phi) is 7.42. The molecule has 1 aliphatic carbocycles. The molecule has 3 N–H and O–H groups in total.